The summed E-state index contributed by atoms with van der Waals surface area (Å²) in [5.41, 5.74) is 6.21. The molecule has 1 aromatic carbocycles. The average molecular weight is 291 g/mol. The van der Waals surface area contributed by atoms with Gasteiger partial charge in [0, 0.05) is 23.2 Å². The molecule has 0 saturated carbocycles. The number of benzene rings is 1. The maximum Gasteiger partial charge on any atom is 0.251 e. The quantitative estimate of drug-likeness (QED) is 0.846. The van der Waals surface area contributed by atoms with E-state index in [0.29, 0.717) is 17.1 Å². The Bertz CT molecular complexity index is 372. The molecule has 0 radical (unpaired) electrons. The highest BCUT2D eigenvalue weighted by molar-refractivity contribution is 6.30. The van der Waals surface area contributed by atoms with Gasteiger partial charge in [-0.05, 0) is 24.6 Å². The number of hydrogen-bond donors (Lipinski definition) is 2. The number of carbonyl (C=O) groups is 1. The van der Waals surface area contributed by atoms with Crippen molar-refractivity contribution in [2.45, 2.75) is 32.2 Å². The van der Waals surface area contributed by atoms with Crippen LogP contribution in [0.5, 0.6) is 0 Å². The van der Waals surface area contributed by atoms with E-state index in [-0.39, 0.29) is 24.4 Å². The van der Waals surface area contributed by atoms with Crippen molar-refractivity contribution in [1.29, 1.82) is 0 Å². The molecule has 1 rings (SSSR count). The first-order chi connectivity index (χ1) is 8.17. The maximum atomic E-state index is 11.9. The summed E-state index contributed by atoms with van der Waals surface area (Å²) in [5, 5.41) is 3.49. The summed E-state index contributed by atoms with van der Waals surface area (Å²) in [6, 6.07) is 6.96. The third-order valence-electron chi connectivity index (χ3n) is 2.61. The molecule has 3 N–H and O–H groups in total. The van der Waals surface area contributed by atoms with Crippen LogP contribution in [0.25, 0.3) is 0 Å². The van der Waals surface area contributed by atoms with Gasteiger partial charge in [-0.2, -0.15) is 0 Å². The van der Waals surface area contributed by atoms with Gasteiger partial charge in [0.1, 0.15) is 0 Å². The minimum atomic E-state index is -0.112. The van der Waals surface area contributed by atoms with E-state index < -0.39 is 0 Å². The minimum Gasteiger partial charge on any atom is -0.348 e. The first kappa shape index (κ1) is 17.2. The minimum absolute atomic E-state index is 0. The first-order valence-electron chi connectivity index (χ1n) is 5.94. The molecule has 102 valence electrons. The van der Waals surface area contributed by atoms with Crippen LogP contribution in [0.4, 0.5) is 0 Å². The van der Waals surface area contributed by atoms with Gasteiger partial charge in [-0.3, -0.25) is 4.79 Å². The highest BCUT2D eigenvalue weighted by atomic mass is 35.5. The summed E-state index contributed by atoms with van der Waals surface area (Å²) in [5.74, 6) is -0.112. The van der Waals surface area contributed by atoms with Crippen molar-refractivity contribution in [3.63, 3.8) is 0 Å². The van der Waals surface area contributed by atoms with Crippen molar-refractivity contribution in [2.24, 2.45) is 5.73 Å². The van der Waals surface area contributed by atoms with Crippen LogP contribution < -0.4 is 11.1 Å². The molecule has 0 fully saturated rings. The van der Waals surface area contributed by atoms with Gasteiger partial charge in [-0.15, -0.1) is 12.4 Å². The molecule has 1 unspecified atom stereocenters. The van der Waals surface area contributed by atoms with Crippen LogP contribution in [0, 0.1) is 0 Å². The third kappa shape index (κ3) is 5.71. The Morgan fingerprint density at radius 1 is 1.50 bits per heavy atom. The van der Waals surface area contributed by atoms with Gasteiger partial charge in [0.05, 0.1) is 0 Å². The standard InChI is InChI=1S/C13H19ClN2O.ClH/c1-2-3-7-12(9-15)16-13(17)10-5-4-6-11(14)8-10;/h4-6,8,12H,2-3,7,9,15H2,1H3,(H,16,17);1H. The Labute approximate surface area is 119 Å². The van der Waals surface area contributed by atoms with Gasteiger partial charge in [0.2, 0.25) is 0 Å². The van der Waals surface area contributed by atoms with E-state index in [0.717, 1.165) is 19.3 Å². The molecule has 5 heteroatoms. The zero-order chi connectivity index (χ0) is 12.7. The smallest absolute Gasteiger partial charge is 0.251 e. The molecule has 3 nitrogen and oxygen atoms in total. The molecule has 1 atom stereocenters. The SMILES string of the molecule is CCCCC(CN)NC(=O)c1cccc(Cl)c1.Cl. The van der Waals surface area contributed by atoms with Crippen molar-refractivity contribution in [3.8, 4) is 0 Å². The summed E-state index contributed by atoms with van der Waals surface area (Å²) in [7, 11) is 0. The van der Waals surface area contributed by atoms with E-state index in [1.54, 1.807) is 24.3 Å². The fourth-order valence-electron chi connectivity index (χ4n) is 1.60. The van der Waals surface area contributed by atoms with Crippen LogP contribution in [0.1, 0.15) is 36.5 Å². The lowest BCUT2D eigenvalue weighted by molar-refractivity contribution is 0.0936. The molecule has 0 aliphatic heterocycles. The number of rotatable bonds is 6. The summed E-state index contributed by atoms with van der Waals surface area (Å²) in [4.78, 5) is 11.9. The molecule has 1 aromatic rings. The van der Waals surface area contributed by atoms with E-state index in [2.05, 4.69) is 12.2 Å². The van der Waals surface area contributed by atoms with Crippen molar-refractivity contribution in [2.75, 3.05) is 6.54 Å². The highest BCUT2D eigenvalue weighted by Gasteiger charge is 2.11. The average Bonchev–Trinajstić information content (AvgIpc) is 2.34. The van der Waals surface area contributed by atoms with Crippen LogP contribution >= 0.6 is 24.0 Å². The number of carbonyl (C=O) groups excluding carboxylic acids is 1. The van der Waals surface area contributed by atoms with Gasteiger partial charge in [0.25, 0.3) is 5.91 Å². The first-order valence-corrected chi connectivity index (χ1v) is 6.31. The lowest BCUT2D eigenvalue weighted by Crippen LogP contribution is -2.40. The summed E-state index contributed by atoms with van der Waals surface area (Å²) < 4.78 is 0. The second-order valence-corrected chi connectivity index (χ2v) is 4.50. The van der Waals surface area contributed by atoms with Crippen LogP contribution in [0.3, 0.4) is 0 Å². The Morgan fingerprint density at radius 3 is 2.78 bits per heavy atom. The monoisotopic (exact) mass is 290 g/mol. The largest absolute Gasteiger partial charge is 0.348 e. The van der Waals surface area contributed by atoms with E-state index in [1.165, 1.54) is 0 Å². The van der Waals surface area contributed by atoms with Gasteiger partial charge >= 0.3 is 0 Å². The van der Waals surface area contributed by atoms with E-state index >= 15 is 0 Å². The maximum absolute atomic E-state index is 11.9. The fraction of sp³-hybridized carbons (Fsp3) is 0.462. The second kappa shape index (κ2) is 9.20. The van der Waals surface area contributed by atoms with Crippen molar-refractivity contribution in [1.82, 2.24) is 5.32 Å². The molecule has 0 aliphatic carbocycles. The zero-order valence-corrected chi connectivity index (χ0v) is 12.1. The Kier molecular flexibility index (Phi) is 8.81. The molecule has 18 heavy (non-hydrogen) atoms. The molecule has 0 bridgehead atoms. The predicted octanol–water partition coefficient (Wildman–Crippen LogP) is 3.01. The lowest BCUT2D eigenvalue weighted by Gasteiger charge is -2.16. The summed E-state index contributed by atoms with van der Waals surface area (Å²) >= 11 is 5.84. The van der Waals surface area contributed by atoms with Crippen LogP contribution in [0.15, 0.2) is 24.3 Å². The summed E-state index contributed by atoms with van der Waals surface area (Å²) in [6.45, 7) is 2.58. The Balaban J connectivity index is 0.00000289. The van der Waals surface area contributed by atoms with Crippen LogP contribution in [-0.2, 0) is 0 Å². The summed E-state index contributed by atoms with van der Waals surface area (Å²) in [6.07, 6.45) is 3.08. The molecule has 0 aromatic heterocycles. The topological polar surface area (TPSA) is 55.1 Å². The van der Waals surface area contributed by atoms with Gasteiger partial charge < -0.3 is 11.1 Å². The van der Waals surface area contributed by atoms with Gasteiger partial charge in [-0.25, -0.2) is 0 Å². The number of nitrogens with two attached hydrogens (primary N) is 1. The van der Waals surface area contributed by atoms with E-state index in [1.807, 2.05) is 0 Å². The van der Waals surface area contributed by atoms with Crippen LogP contribution in [0.2, 0.25) is 5.02 Å². The van der Waals surface area contributed by atoms with E-state index in [4.69, 9.17) is 17.3 Å². The third-order valence-corrected chi connectivity index (χ3v) is 2.85. The van der Waals surface area contributed by atoms with E-state index in [9.17, 15) is 4.79 Å². The lowest BCUT2D eigenvalue weighted by atomic mass is 10.1. The number of unbranched alkanes of at least 4 members (excludes halogenated alkanes) is 1. The number of halogens is 2. The normalized spacial score (nSPS) is 11.5. The number of hydrogen-bond acceptors (Lipinski definition) is 2. The fourth-order valence-corrected chi connectivity index (χ4v) is 1.79. The van der Waals surface area contributed by atoms with Crippen molar-refractivity contribution < 1.29 is 4.79 Å². The number of nitrogens with one attached hydrogen (secondary N) is 1. The Hall–Kier alpha value is -0.770. The number of amides is 1. The van der Waals surface area contributed by atoms with Crippen molar-refractivity contribution >= 4 is 29.9 Å². The molecular formula is C13H20Cl2N2O. The van der Waals surface area contributed by atoms with Gasteiger partial charge in [0.15, 0.2) is 0 Å². The highest BCUT2D eigenvalue weighted by Crippen LogP contribution is 2.11. The molecular weight excluding hydrogens is 271 g/mol. The Morgan fingerprint density at radius 2 is 2.22 bits per heavy atom. The molecule has 0 aliphatic rings. The van der Waals surface area contributed by atoms with Gasteiger partial charge in [-0.1, -0.05) is 37.4 Å². The van der Waals surface area contributed by atoms with Crippen LogP contribution in [-0.4, -0.2) is 18.5 Å². The molecule has 0 spiro atoms. The molecule has 0 saturated heterocycles. The molecule has 1 amide bonds. The van der Waals surface area contributed by atoms with Crippen molar-refractivity contribution in [3.05, 3.63) is 34.9 Å². The molecule has 0 heterocycles. The zero-order valence-electron chi connectivity index (χ0n) is 10.5. The second-order valence-electron chi connectivity index (χ2n) is 4.06. The predicted molar refractivity (Wildman–Crippen MR) is 78.5 cm³/mol.